The van der Waals surface area contributed by atoms with Crippen LogP contribution in [-0.4, -0.2) is 50.0 Å². The van der Waals surface area contributed by atoms with Crippen molar-refractivity contribution < 1.29 is 18.0 Å². The molecule has 2 amide bonds. The quantitative estimate of drug-likeness (QED) is 0.518. The third-order valence-corrected chi connectivity index (χ3v) is 6.64. The van der Waals surface area contributed by atoms with Crippen LogP contribution in [0.5, 0.6) is 0 Å². The van der Waals surface area contributed by atoms with Gasteiger partial charge in [-0.1, -0.05) is 46.9 Å². The zero-order chi connectivity index (χ0) is 24.9. The molecular formula is C22H26Cl3N3O4S. The number of anilines is 1. The summed E-state index contributed by atoms with van der Waals surface area (Å²) in [4.78, 5) is 27.4. The molecule has 0 saturated heterocycles. The Bertz CT molecular complexity index is 1110. The lowest BCUT2D eigenvalue weighted by Crippen LogP contribution is -2.52. The number of nitrogens with one attached hydrogen (secondary N) is 1. The molecule has 0 bridgehead atoms. The second kappa shape index (κ2) is 11.4. The standard InChI is InChI=1S/C22H26Cl3N3O4S/c1-14(2)26-22(30)15(3)27(12-16-5-7-17(23)8-6-16)21(29)13-28(33(4,31)32)20-10-9-18(24)11-19(20)25/h5-11,14-15H,12-13H2,1-4H3,(H,26,30). The van der Waals surface area contributed by atoms with E-state index < -0.39 is 28.5 Å². The summed E-state index contributed by atoms with van der Waals surface area (Å²) in [5, 5.41) is 3.72. The van der Waals surface area contributed by atoms with Gasteiger partial charge in [-0.15, -0.1) is 0 Å². The number of rotatable bonds is 9. The van der Waals surface area contributed by atoms with E-state index in [1.165, 1.54) is 23.1 Å². The van der Waals surface area contributed by atoms with Gasteiger partial charge >= 0.3 is 0 Å². The minimum atomic E-state index is -3.89. The minimum Gasteiger partial charge on any atom is -0.352 e. The maximum atomic E-state index is 13.4. The number of sulfonamides is 1. The smallest absolute Gasteiger partial charge is 0.244 e. The predicted molar refractivity (Wildman–Crippen MR) is 133 cm³/mol. The van der Waals surface area contributed by atoms with E-state index in [2.05, 4.69) is 5.32 Å². The van der Waals surface area contributed by atoms with Crippen molar-refractivity contribution >= 4 is 62.3 Å². The first-order valence-corrected chi connectivity index (χ1v) is 13.0. The SMILES string of the molecule is CC(C)NC(=O)C(C)N(Cc1ccc(Cl)cc1)C(=O)CN(c1ccc(Cl)cc1Cl)S(C)(=O)=O. The van der Waals surface area contributed by atoms with Gasteiger partial charge in [-0.25, -0.2) is 8.42 Å². The van der Waals surface area contributed by atoms with Crippen molar-refractivity contribution in [2.45, 2.75) is 39.4 Å². The van der Waals surface area contributed by atoms with Crippen molar-refractivity contribution in [3.8, 4) is 0 Å². The van der Waals surface area contributed by atoms with Gasteiger partial charge < -0.3 is 10.2 Å². The number of benzene rings is 2. The molecule has 0 heterocycles. The third kappa shape index (κ3) is 7.78. The van der Waals surface area contributed by atoms with Crippen LogP contribution < -0.4 is 9.62 Å². The van der Waals surface area contributed by atoms with Crippen LogP contribution in [0.2, 0.25) is 15.1 Å². The Morgan fingerprint density at radius 3 is 2.06 bits per heavy atom. The molecule has 1 unspecified atom stereocenters. The molecule has 0 radical (unpaired) electrons. The lowest BCUT2D eigenvalue weighted by molar-refractivity contribution is -0.139. The van der Waals surface area contributed by atoms with E-state index in [9.17, 15) is 18.0 Å². The van der Waals surface area contributed by atoms with E-state index in [1.807, 2.05) is 13.8 Å². The molecule has 0 saturated carbocycles. The van der Waals surface area contributed by atoms with Crippen LogP contribution in [0.4, 0.5) is 5.69 Å². The molecule has 2 aromatic rings. The molecule has 180 valence electrons. The Morgan fingerprint density at radius 1 is 0.970 bits per heavy atom. The Morgan fingerprint density at radius 2 is 1.55 bits per heavy atom. The van der Waals surface area contributed by atoms with Gasteiger partial charge in [-0.2, -0.15) is 0 Å². The van der Waals surface area contributed by atoms with Gasteiger partial charge in [0, 0.05) is 22.6 Å². The fourth-order valence-electron chi connectivity index (χ4n) is 3.05. The summed E-state index contributed by atoms with van der Waals surface area (Å²) in [6.07, 6.45) is 0.976. The largest absolute Gasteiger partial charge is 0.352 e. The molecule has 0 aliphatic heterocycles. The molecule has 1 atom stereocenters. The van der Waals surface area contributed by atoms with E-state index in [0.717, 1.165) is 16.1 Å². The van der Waals surface area contributed by atoms with Crippen molar-refractivity contribution in [3.05, 3.63) is 63.1 Å². The molecule has 0 aliphatic carbocycles. The molecule has 1 N–H and O–H groups in total. The summed E-state index contributed by atoms with van der Waals surface area (Å²) in [6.45, 7) is 4.74. The number of hydrogen-bond donors (Lipinski definition) is 1. The highest BCUT2D eigenvalue weighted by molar-refractivity contribution is 7.92. The molecule has 33 heavy (non-hydrogen) atoms. The van der Waals surface area contributed by atoms with E-state index in [1.54, 1.807) is 31.2 Å². The van der Waals surface area contributed by atoms with Crippen LogP contribution in [0.15, 0.2) is 42.5 Å². The summed E-state index contributed by atoms with van der Waals surface area (Å²) < 4.78 is 26.0. The van der Waals surface area contributed by atoms with Gasteiger partial charge in [0.05, 0.1) is 17.0 Å². The molecule has 2 aromatic carbocycles. The molecule has 7 nitrogen and oxygen atoms in total. The minimum absolute atomic E-state index is 0.0780. The first-order valence-electron chi connectivity index (χ1n) is 10.1. The average Bonchev–Trinajstić information content (AvgIpc) is 2.70. The van der Waals surface area contributed by atoms with Gasteiger partial charge in [-0.3, -0.25) is 13.9 Å². The lowest BCUT2D eigenvalue weighted by atomic mass is 10.1. The van der Waals surface area contributed by atoms with Crippen LogP contribution in [0.1, 0.15) is 26.3 Å². The van der Waals surface area contributed by atoms with Gasteiger partial charge in [0.1, 0.15) is 12.6 Å². The first-order chi connectivity index (χ1) is 15.3. The first kappa shape index (κ1) is 27.2. The zero-order valence-electron chi connectivity index (χ0n) is 18.7. The molecule has 2 rings (SSSR count). The van der Waals surface area contributed by atoms with Gasteiger partial charge in [0.2, 0.25) is 21.8 Å². The predicted octanol–water partition coefficient (Wildman–Crippen LogP) is 4.35. The molecular weight excluding hydrogens is 509 g/mol. The monoisotopic (exact) mass is 533 g/mol. The maximum Gasteiger partial charge on any atom is 0.244 e. The lowest BCUT2D eigenvalue weighted by Gasteiger charge is -2.32. The van der Waals surface area contributed by atoms with Crippen LogP contribution in [0, 0.1) is 0 Å². The Balaban J connectivity index is 2.41. The third-order valence-electron chi connectivity index (χ3n) is 4.72. The summed E-state index contributed by atoms with van der Waals surface area (Å²) in [5.41, 5.74) is 0.843. The van der Waals surface area contributed by atoms with Crippen molar-refractivity contribution in [2.75, 3.05) is 17.1 Å². The molecule has 0 aliphatic rings. The average molecular weight is 535 g/mol. The number of amides is 2. The van der Waals surface area contributed by atoms with Crippen molar-refractivity contribution in [2.24, 2.45) is 0 Å². The number of halogens is 3. The topological polar surface area (TPSA) is 86.8 Å². The highest BCUT2D eigenvalue weighted by Gasteiger charge is 2.31. The maximum absolute atomic E-state index is 13.4. The van der Waals surface area contributed by atoms with Crippen molar-refractivity contribution in [3.63, 3.8) is 0 Å². The van der Waals surface area contributed by atoms with E-state index in [4.69, 9.17) is 34.8 Å². The number of carbonyl (C=O) groups excluding carboxylic acids is 2. The highest BCUT2D eigenvalue weighted by atomic mass is 35.5. The molecule has 11 heteroatoms. The number of nitrogens with zero attached hydrogens (tertiary/aromatic N) is 2. The molecule has 0 aromatic heterocycles. The summed E-state index contributed by atoms with van der Waals surface area (Å²) in [7, 11) is -3.89. The second-order valence-electron chi connectivity index (χ2n) is 7.85. The Kier molecular flexibility index (Phi) is 9.43. The summed E-state index contributed by atoms with van der Waals surface area (Å²) in [5.74, 6) is -0.935. The van der Waals surface area contributed by atoms with E-state index in [-0.39, 0.29) is 29.2 Å². The zero-order valence-corrected chi connectivity index (χ0v) is 21.8. The van der Waals surface area contributed by atoms with E-state index in [0.29, 0.717) is 10.0 Å². The van der Waals surface area contributed by atoms with Crippen molar-refractivity contribution in [1.29, 1.82) is 0 Å². The van der Waals surface area contributed by atoms with Crippen LogP contribution in [-0.2, 0) is 26.2 Å². The van der Waals surface area contributed by atoms with Gasteiger partial charge in [0.25, 0.3) is 0 Å². The highest BCUT2D eigenvalue weighted by Crippen LogP contribution is 2.30. The summed E-state index contributed by atoms with van der Waals surface area (Å²) >= 11 is 18.1. The fourth-order valence-corrected chi connectivity index (χ4v) is 4.60. The van der Waals surface area contributed by atoms with E-state index >= 15 is 0 Å². The summed E-state index contributed by atoms with van der Waals surface area (Å²) in [6, 6.07) is 10.1. The molecule has 0 spiro atoms. The normalized spacial score (nSPS) is 12.4. The number of hydrogen-bond acceptors (Lipinski definition) is 4. The van der Waals surface area contributed by atoms with Crippen LogP contribution >= 0.6 is 34.8 Å². The van der Waals surface area contributed by atoms with Crippen molar-refractivity contribution in [1.82, 2.24) is 10.2 Å². The van der Waals surface area contributed by atoms with Gasteiger partial charge in [-0.05, 0) is 56.7 Å². The number of carbonyl (C=O) groups is 2. The fraction of sp³-hybridized carbons (Fsp3) is 0.364. The van der Waals surface area contributed by atoms with Crippen LogP contribution in [0.3, 0.4) is 0 Å². The van der Waals surface area contributed by atoms with Crippen LogP contribution in [0.25, 0.3) is 0 Å². The Labute approximate surface area is 209 Å². The molecule has 0 fully saturated rings. The second-order valence-corrected chi connectivity index (χ2v) is 11.0. The van der Waals surface area contributed by atoms with Gasteiger partial charge in [0.15, 0.2) is 0 Å². The Hall–Kier alpha value is -2.00.